The highest BCUT2D eigenvalue weighted by molar-refractivity contribution is 14.1. The van der Waals surface area contributed by atoms with E-state index in [0.717, 1.165) is 2.88 Å². The first-order valence-corrected chi connectivity index (χ1v) is 6.65. The predicted octanol–water partition coefficient (Wildman–Crippen LogP) is 2.24. The number of carbonyl (C=O) groups excluding carboxylic acids is 1. The van der Waals surface area contributed by atoms with Crippen LogP contribution in [0.5, 0.6) is 0 Å². The van der Waals surface area contributed by atoms with Crippen molar-refractivity contribution < 1.29 is 9.90 Å². The smallest absolute Gasteiger partial charge is 0.252 e. The van der Waals surface area contributed by atoms with Crippen LogP contribution in [-0.2, 0) is 0 Å². The lowest BCUT2D eigenvalue weighted by atomic mass is 10.0. The van der Waals surface area contributed by atoms with Crippen molar-refractivity contribution in [3.63, 3.8) is 0 Å². The SMILES string of the molecule is CCC(C)(O)CNC(=O)c1csc(I)c1. The molecule has 0 spiro atoms. The standard InChI is InChI=1S/C10H14INO2S/c1-3-10(2,14)6-12-9(13)7-4-8(11)15-5-7/h4-5,14H,3,6H2,1-2H3,(H,12,13). The van der Waals surface area contributed by atoms with E-state index in [1.165, 1.54) is 11.3 Å². The quantitative estimate of drug-likeness (QED) is 0.827. The van der Waals surface area contributed by atoms with E-state index in [0.29, 0.717) is 12.0 Å². The number of thiophene rings is 1. The van der Waals surface area contributed by atoms with E-state index in [1.54, 1.807) is 6.92 Å². The first-order chi connectivity index (χ1) is 6.94. The Morgan fingerprint density at radius 2 is 2.40 bits per heavy atom. The molecule has 1 amide bonds. The van der Waals surface area contributed by atoms with E-state index in [1.807, 2.05) is 18.4 Å². The Labute approximate surface area is 107 Å². The molecular formula is C10H14INO2S. The summed E-state index contributed by atoms with van der Waals surface area (Å²) in [6.07, 6.45) is 0.619. The average molecular weight is 339 g/mol. The Bertz CT molecular complexity index is 349. The maximum atomic E-state index is 11.6. The lowest BCUT2D eigenvalue weighted by Crippen LogP contribution is -2.39. The van der Waals surface area contributed by atoms with Crippen molar-refractivity contribution in [3.05, 3.63) is 19.9 Å². The Morgan fingerprint density at radius 3 is 2.87 bits per heavy atom. The van der Waals surface area contributed by atoms with Crippen molar-refractivity contribution in [2.24, 2.45) is 0 Å². The second-order valence-electron chi connectivity index (χ2n) is 3.67. The van der Waals surface area contributed by atoms with Gasteiger partial charge in [-0.05, 0) is 42.0 Å². The average Bonchev–Trinajstić information content (AvgIpc) is 2.61. The van der Waals surface area contributed by atoms with Gasteiger partial charge in [-0.15, -0.1) is 11.3 Å². The molecule has 0 saturated carbocycles. The molecule has 84 valence electrons. The minimum Gasteiger partial charge on any atom is -0.388 e. The molecule has 1 unspecified atom stereocenters. The summed E-state index contributed by atoms with van der Waals surface area (Å²) in [5.74, 6) is -0.122. The normalized spacial score (nSPS) is 14.7. The van der Waals surface area contributed by atoms with Crippen LogP contribution >= 0.6 is 33.9 Å². The van der Waals surface area contributed by atoms with Crippen LogP contribution in [0.4, 0.5) is 0 Å². The Kier molecular flexibility index (Phi) is 4.54. The van der Waals surface area contributed by atoms with Crippen LogP contribution in [0.25, 0.3) is 0 Å². The van der Waals surface area contributed by atoms with Crippen molar-refractivity contribution in [2.75, 3.05) is 6.54 Å². The third-order valence-corrected chi connectivity index (χ3v) is 4.01. The maximum absolute atomic E-state index is 11.6. The summed E-state index contributed by atoms with van der Waals surface area (Å²) in [4.78, 5) is 11.6. The fourth-order valence-electron chi connectivity index (χ4n) is 0.927. The number of halogens is 1. The summed E-state index contributed by atoms with van der Waals surface area (Å²) < 4.78 is 1.08. The number of aliphatic hydroxyl groups is 1. The number of rotatable bonds is 4. The van der Waals surface area contributed by atoms with Gasteiger partial charge < -0.3 is 10.4 Å². The molecule has 0 bridgehead atoms. The van der Waals surface area contributed by atoms with Crippen molar-refractivity contribution in [3.8, 4) is 0 Å². The largest absolute Gasteiger partial charge is 0.388 e. The highest BCUT2D eigenvalue weighted by Gasteiger charge is 2.19. The lowest BCUT2D eigenvalue weighted by Gasteiger charge is -2.21. The maximum Gasteiger partial charge on any atom is 0.252 e. The van der Waals surface area contributed by atoms with Crippen LogP contribution in [-0.4, -0.2) is 23.2 Å². The fraction of sp³-hybridized carbons (Fsp3) is 0.500. The first kappa shape index (κ1) is 12.9. The minimum atomic E-state index is -0.821. The van der Waals surface area contributed by atoms with Gasteiger partial charge in [0.25, 0.3) is 5.91 Å². The molecule has 0 saturated heterocycles. The molecule has 0 aliphatic rings. The summed E-state index contributed by atoms with van der Waals surface area (Å²) >= 11 is 3.71. The zero-order valence-corrected chi connectivity index (χ0v) is 11.7. The number of hydrogen-bond donors (Lipinski definition) is 2. The van der Waals surface area contributed by atoms with Gasteiger partial charge in [0.05, 0.1) is 14.0 Å². The molecule has 1 atom stereocenters. The van der Waals surface area contributed by atoms with Gasteiger partial charge >= 0.3 is 0 Å². The van der Waals surface area contributed by atoms with E-state index in [9.17, 15) is 9.90 Å². The first-order valence-electron chi connectivity index (χ1n) is 4.69. The molecule has 1 rings (SSSR count). The number of amides is 1. The molecule has 2 N–H and O–H groups in total. The van der Waals surface area contributed by atoms with E-state index in [4.69, 9.17) is 0 Å². The van der Waals surface area contributed by atoms with Crippen LogP contribution in [0, 0.1) is 2.88 Å². The van der Waals surface area contributed by atoms with Gasteiger partial charge in [0.1, 0.15) is 0 Å². The van der Waals surface area contributed by atoms with E-state index in [2.05, 4.69) is 27.9 Å². The molecule has 1 aromatic heterocycles. The third kappa shape index (κ3) is 4.08. The zero-order chi connectivity index (χ0) is 11.5. The van der Waals surface area contributed by atoms with Crippen LogP contribution in [0.3, 0.4) is 0 Å². The van der Waals surface area contributed by atoms with Gasteiger partial charge in [-0.2, -0.15) is 0 Å². The molecule has 1 aromatic rings. The summed E-state index contributed by atoms with van der Waals surface area (Å²) in [5.41, 5.74) is -0.157. The fourth-order valence-corrected chi connectivity index (χ4v) is 2.25. The molecule has 15 heavy (non-hydrogen) atoms. The number of carbonyl (C=O) groups is 1. The monoisotopic (exact) mass is 339 g/mol. The Hall–Kier alpha value is -0.140. The second kappa shape index (κ2) is 5.27. The Balaban J connectivity index is 2.50. The second-order valence-corrected chi connectivity index (χ2v) is 6.48. The Morgan fingerprint density at radius 1 is 1.73 bits per heavy atom. The minimum absolute atomic E-state index is 0.122. The van der Waals surface area contributed by atoms with E-state index >= 15 is 0 Å². The number of nitrogens with one attached hydrogen (secondary N) is 1. The van der Waals surface area contributed by atoms with Crippen LogP contribution in [0.1, 0.15) is 30.6 Å². The predicted molar refractivity (Wildman–Crippen MR) is 70.3 cm³/mol. The van der Waals surface area contributed by atoms with E-state index < -0.39 is 5.60 Å². The van der Waals surface area contributed by atoms with Crippen molar-refractivity contribution in [1.82, 2.24) is 5.32 Å². The summed E-state index contributed by atoms with van der Waals surface area (Å²) in [6, 6.07) is 1.83. The highest BCUT2D eigenvalue weighted by atomic mass is 127. The van der Waals surface area contributed by atoms with Crippen molar-refractivity contribution >= 4 is 39.8 Å². The highest BCUT2D eigenvalue weighted by Crippen LogP contribution is 2.16. The molecule has 0 radical (unpaired) electrons. The van der Waals surface area contributed by atoms with Crippen LogP contribution in [0.2, 0.25) is 0 Å². The van der Waals surface area contributed by atoms with Gasteiger partial charge in [-0.25, -0.2) is 0 Å². The zero-order valence-electron chi connectivity index (χ0n) is 8.71. The third-order valence-electron chi connectivity index (χ3n) is 2.22. The molecule has 0 aromatic carbocycles. The van der Waals surface area contributed by atoms with Crippen LogP contribution in [0.15, 0.2) is 11.4 Å². The van der Waals surface area contributed by atoms with Gasteiger partial charge in [0, 0.05) is 11.9 Å². The molecule has 0 fully saturated rings. The molecule has 1 heterocycles. The summed E-state index contributed by atoms with van der Waals surface area (Å²) in [7, 11) is 0. The molecule has 0 aliphatic carbocycles. The van der Waals surface area contributed by atoms with Crippen molar-refractivity contribution in [2.45, 2.75) is 25.9 Å². The van der Waals surface area contributed by atoms with E-state index in [-0.39, 0.29) is 12.5 Å². The molecular weight excluding hydrogens is 325 g/mol. The summed E-state index contributed by atoms with van der Waals surface area (Å²) in [6.45, 7) is 3.89. The number of hydrogen-bond acceptors (Lipinski definition) is 3. The molecule has 5 heteroatoms. The molecule has 3 nitrogen and oxygen atoms in total. The van der Waals surface area contributed by atoms with Gasteiger partial charge in [-0.3, -0.25) is 4.79 Å². The van der Waals surface area contributed by atoms with Crippen molar-refractivity contribution in [1.29, 1.82) is 0 Å². The topological polar surface area (TPSA) is 49.3 Å². The molecule has 0 aliphatic heterocycles. The van der Waals surface area contributed by atoms with Gasteiger partial charge in [0.2, 0.25) is 0 Å². The van der Waals surface area contributed by atoms with Gasteiger partial charge in [-0.1, -0.05) is 6.92 Å². The van der Waals surface area contributed by atoms with Gasteiger partial charge in [0.15, 0.2) is 0 Å². The lowest BCUT2D eigenvalue weighted by molar-refractivity contribution is 0.0518. The van der Waals surface area contributed by atoms with Crippen LogP contribution < -0.4 is 5.32 Å². The summed E-state index contributed by atoms with van der Waals surface area (Å²) in [5, 5.41) is 14.2.